The fraction of sp³-hybridized carbons (Fsp3) is 0.318. The van der Waals surface area contributed by atoms with E-state index in [9.17, 15) is 18.3 Å². The molecule has 4 rings (SSSR count). The number of aromatic hydroxyl groups is 1. The molecule has 1 amide bonds. The van der Waals surface area contributed by atoms with Crippen molar-refractivity contribution in [2.45, 2.75) is 26.8 Å². The highest BCUT2D eigenvalue weighted by Gasteiger charge is 2.33. The summed E-state index contributed by atoms with van der Waals surface area (Å²) < 4.78 is 41.5. The van der Waals surface area contributed by atoms with E-state index in [1.807, 2.05) is 26.8 Å². The summed E-state index contributed by atoms with van der Waals surface area (Å²) in [4.78, 5) is 16.8. The summed E-state index contributed by atoms with van der Waals surface area (Å²) in [7, 11) is 3.14. The summed E-state index contributed by atoms with van der Waals surface area (Å²) in [6.07, 6.45) is 0. The lowest BCUT2D eigenvalue weighted by Crippen LogP contribution is -2.33. The van der Waals surface area contributed by atoms with Gasteiger partial charge >= 0.3 is 10.2 Å². The minimum Gasteiger partial charge on any atom is -0.505 e. The molecule has 0 unspecified atom stereocenters. The number of hydrogen-bond donors (Lipinski definition) is 4. The van der Waals surface area contributed by atoms with Crippen LogP contribution in [0.5, 0.6) is 17.2 Å². The molecule has 1 atom stereocenters. The quantitative estimate of drug-likeness (QED) is 0.365. The highest BCUT2D eigenvalue weighted by atomic mass is 32.2. The van der Waals surface area contributed by atoms with Crippen LogP contribution in [-0.2, 0) is 10.2 Å². The van der Waals surface area contributed by atoms with Crippen molar-refractivity contribution in [2.75, 3.05) is 19.2 Å². The van der Waals surface area contributed by atoms with Crippen molar-refractivity contribution in [3.05, 3.63) is 41.5 Å². The van der Waals surface area contributed by atoms with Crippen LogP contribution < -0.4 is 30.3 Å². The lowest BCUT2D eigenvalue weighted by molar-refractivity contribution is 0.0961. The van der Waals surface area contributed by atoms with Crippen LogP contribution in [0, 0.1) is 5.41 Å². The predicted molar refractivity (Wildman–Crippen MR) is 132 cm³/mol. The van der Waals surface area contributed by atoms with Gasteiger partial charge in [0.1, 0.15) is 7.85 Å². The number of phenols is 1. The maximum atomic E-state index is 12.3. The molecule has 0 bridgehead atoms. The Morgan fingerprint density at radius 3 is 2.63 bits per heavy atom. The Bertz CT molecular complexity index is 1370. The molecular formula is C22H24BN5O6S. The van der Waals surface area contributed by atoms with E-state index in [1.165, 1.54) is 19.2 Å². The minimum absolute atomic E-state index is 0.0264. The van der Waals surface area contributed by atoms with Gasteiger partial charge in [-0.05, 0) is 29.2 Å². The fourth-order valence-electron chi connectivity index (χ4n) is 3.71. The number of amides is 1. The van der Waals surface area contributed by atoms with Gasteiger partial charge in [-0.25, -0.2) is 4.72 Å². The van der Waals surface area contributed by atoms with Crippen LogP contribution in [0.3, 0.4) is 0 Å². The number of aliphatic imine (C=N–C) groups is 1. The average molecular weight is 497 g/mol. The van der Waals surface area contributed by atoms with Crippen LogP contribution in [0.4, 0.5) is 5.69 Å². The number of benzene rings is 2. The summed E-state index contributed by atoms with van der Waals surface area (Å²) in [5.74, 6) is -0.0795. The Balaban J connectivity index is 1.74. The number of rotatable bonds is 4. The van der Waals surface area contributed by atoms with Gasteiger partial charge in [-0.15, -0.1) is 4.40 Å². The first-order valence-electron chi connectivity index (χ1n) is 10.6. The molecular weight excluding hydrogens is 473 g/mol. The van der Waals surface area contributed by atoms with Gasteiger partial charge in [0.25, 0.3) is 5.91 Å². The smallest absolute Gasteiger partial charge is 0.345 e. The van der Waals surface area contributed by atoms with E-state index < -0.39 is 33.3 Å². The highest BCUT2D eigenvalue weighted by Crippen LogP contribution is 2.41. The molecule has 2 aliphatic rings. The van der Waals surface area contributed by atoms with Crippen LogP contribution in [0.15, 0.2) is 39.7 Å². The normalized spacial score (nSPS) is 18.1. The molecule has 2 heterocycles. The number of carbonyl (C=O) groups is 1. The molecule has 182 valence electrons. The minimum atomic E-state index is -4.09. The number of carbonyl (C=O) groups excluding carboxylic acids is 1. The molecule has 2 aromatic carbocycles. The number of ether oxygens (including phenoxy) is 2. The zero-order valence-electron chi connectivity index (χ0n) is 19.5. The zero-order chi connectivity index (χ0) is 25.5. The van der Waals surface area contributed by atoms with Crippen molar-refractivity contribution in [3.63, 3.8) is 0 Å². The Morgan fingerprint density at radius 1 is 1.23 bits per heavy atom. The second kappa shape index (κ2) is 8.80. The molecule has 4 N–H and O–H groups in total. The Kier molecular flexibility index (Phi) is 6.13. The van der Waals surface area contributed by atoms with E-state index in [-0.39, 0.29) is 35.2 Å². The molecule has 2 aromatic rings. The van der Waals surface area contributed by atoms with E-state index in [4.69, 9.17) is 17.3 Å². The average Bonchev–Trinajstić information content (AvgIpc) is 3.35. The van der Waals surface area contributed by atoms with Gasteiger partial charge in [0.2, 0.25) is 6.79 Å². The Morgan fingerprint density at radius 2 is 1.94 bits per heavy atom. The van der Waals surface area contributed by atoms with Crippen LogP contribution in [0.25, 0.3) is 0 Å². The third-order valence-electron chi connectivity index (χ3n) is 5.37. The standard InChI is InChI=1S/C22H24BN5O6S/c1-22(2,3)18(11-5-8-14-15(9-11)34-10-33-14)26-20-19(27-35(31,32)28-20)25-13-7-6-12(23)16(17(13)29)21(30)24-4/h5-9,18,29H,10H2,1-4H3,(H,24,30)(H,25,27)(H,26,28)/t18-/m0/s1. The number of fused-ring (bicyclic) bond motifs is 1. The molecule has 0 fully saturated rings. The molecule has 0 aromatic heterocycles. The topological polar surface area (TPSA) is 151 Å². The van der Waals surface area contributed by atoms with Gasteiger partial charge in [0, 0.05) is 7.05 Å². The maximum absolute atomic E-state index is 12.3. The molecule has 0 aliphatic carbocycles. The maximum Gasteiger partial charge on any atom is 0.345 e. The Labute approximate surface area is 204 Å². The van der Waals surface area contributed by atoms with E-state index in [1.54, 1.807) is 12.1 Å². The van der Waals surface area contributed by atoms with Crippen molar-refractivity contribution < 1.29 is 27.8 Å². The lowest BCUT2D eigenvalue weighted by atomic mass is 9.82. The third-order valence-corrected chi connectivity index (χ3v) is 6.24. The van der Waals surface area contributed by atoms with Gasteiger partial charge in [-0.2, -0.15) is 8.42 Å². The molecule has 2 aliphatic heterocycles. The third kappa shape index (κ3) is 4.90. The van der Waals surface area contributed by atoms with Gasteiger partial charge in [-0.3, -0.25) is 9.79 Å². The van der Waals surface area contributed by atoms with Crippen molar-refractivity contribution in [1.82, 2.24) is 10.0 Å². The number of hydrogen-bond acceptors (Lipinski definition) is 8. The first kappa shape index (κ1) is 24.4. The van der Waals surface area contributed by atoms with Gasteiger partial charge in [-0.1, -0.05) is 38.4 Å². The SMILES string of the molecule is [B]c1ccc(NC2=NS(=O)(=O)NC2=N[C@@H](c2ccc3c(c2)OCO3)C(C)(C)C)c(O)c1C(=O)NC. The molecule has 0 spiro atoms. The molecule has 35 heavy (non-hydrogen) atoms. The van der Waals surface area contributed by atoms with E-state index in [2.05, 4.69) is 24.7 Å². The van der Waals surface area contributed by atoms with Crippen LogP contribution in [0.1, 0.15) is 42.7 Å². The molecule has 0 saturated carbocycles. The second-order valence-corrected chi connectivity index (χ2v) is 10.3. The van der Waals surface area contributed by atoms with Crippen molar-refractivity contribution in [1.29, 1.82) is 0 Å². The number of phenolic OH excluding ortho intramolecular Hbond substituents is 1. The van der Waals surface area contributed by atoms with E-state index in [0.717, 1.165) is 5.56 Å². The van der Waals surface area contributed by atoms with E-state index in [0.29, 0.717) is 11.5 Å². The van der Waals surface area contributed by atoms with Gasteiger partial charge in [0.05, 0.1) is 17.3 Å². The number of nitrogens with zero attached hydrogens (tertiary/aromatic N) is 2. The summed E-state index contributed by atoms with van der Waals surface area (Å²) >= 11 is 0. The summed E-state index contributed by atoms with van der Waals surface area (Å²) in [5.41, 5.74) is 0.264. The largest absolute Gasteiger partial charge is 0.505 e. The van der Waals surface area contributed by atoms with Crippen LogP contribution >= 0.6 is 0 Å². The number of anilines is 1. The number of nitrogens with one attached hydrogen (secondary N) is 3. The van der Waals surface area contributed by atoms with E-state index >= 15 is 0 Å². The monoisotopic (exact) mass is 497 g/mol. The number of amidine groups is 2. The van der Waals surface area contributed by atoms with Crippen molar-refractivity contribution >= 4 is 46.8 Å². The molecule has 11 nitrogen and oxygen atoms in total. The zero-order valence-corrected chi connectivity index (χ0v) is 20.4. The first-order valence-corrected chi connectivity index (χ1v) is 12.0. The van der Waals surface area contributed by atoms with Crippen molar-refractivity contribution in [3.8, 4) is 17.2 Å². The van der Waals surface area contributed by atoms with Crippen LogP contribution in [-0.4, -0.2) is 52.8 Å². The van der Waals surface area contributed by atoms with Crippen molar-refractivity contribution in [2.24, 2.45) is 14.8 Å². The van der Waals surface area contributed by atoms with Gasteiger partial charge in [0.15, 0.2) is 28.9 Å². The molecule has 0 saturated heterocycles. The molecule has 2 radical (unpaired) electrons. The van der Waals surface area contributed by atoms with Gasteiger partial charge < -0.3 is 25.2 Å². The first-order chi connectivity index (χ1) is 16.4. The molecule has 13 heteroatoms. The van der Waals surface area contributed by atoms with Crippen LogP contribution in [0.2, 0.25) is 0 Å². The lowest BCUT2D eigenvalue weighted by Gasteiger charge is -2.28. The summed E-state index contributed by atoms with van der Waals surface area (Å²) in [6.45, 7) is 6.00. The predicted octanol–water partition coefficient (Wildman–Crippen LogP) is 1.12. The highest BCUT2D eigenvalue weighted by molar-refractivity contribution is 7.89. The second-order valence-electron chi connectivity index (χ2n) is 9.01. The fourth-order valence-corrected chi connectivity index (χ4v) is 4.52. The summed E-state index contributed by atoms with van der Waals surface area (Å²) in [6, 6.07) is 7.71. The summed E-state index contributed by atoms with van der Waals surface area (Å²) in [5, 5.41) is 15.8. The Hall–Kier alpha value is -3.74.